The summed E-state index contributed by atoms with van der Waals surface area (Å²) in [6.45, 7) is 9.95. The molecule has 26 heavy (non-hydrogen) atoms. The summed E-state index contributed by atoms with van der Waals surface area (Å²) in [5, 5.41) is 8.04. The zero-order chi connectivity index (χ0) is 18.7. The van der Waals surface area contributed by atoms with Gasteiger partial charge >= 0.3 is 0 Å². The summed E-state index contributed by atoms with van der Waals surface area (Å²) in [5.41, 5.74) is 4.15. The Labute approximate surface area is 156 Å². The molecule has 0 spiro atoms. The van der Waals surface area contributed by atoms with Gasteiger partial charge in [-0.2, -0.15) is 5.10 Å². The van der Waals surface area contributed by atoms with Gasteiger partial charge in [0.05, 0.1) is 11.8 Å². The Morgan fingerprint density at radius 3 is 2.69 bits per heavy atom. The number of piperidine rings is 1. The minimum Gasteiger partial charge on any atom is -0.382 e. The molecule has 0 aliphatic carbocycles. The smallest absolute Gasteiger partial charge is 0.257 e. The van der Waals surface area contributed by atoms with Crippen molar-refractivity contribution in [2.75, 3.05) is 18.4 Å². The molecule has 1 aromatic carbocycles. The predicted octanol–water partition coefficient (Wildman–Crippen LogP) is 4.19. The Balaban J connectivity index is 1.59. The van der Waals surface area contributed by atoms with Gasteiger partial charge in [-0.15, -0.1) is 0 Å². The number of carbonyl (C=O) groups is 1. The van der Waals surface area contributed by atoms with E-state index in [9.17, 15) is 4.79 Å². The Kier molecular flexibility index (Phi) is 5.64. The molecule has 2 heterocycles. The normalized spacial score (nSPS) is 16.5. The monoisotopic (exact) mass is 354 g/mol. The number of hydrogen-bond donors (Lipinski definition) is 1. The van der Waals surface area contributed by atoms with E-state index in [1.54, 1.807) is 6.20 Å². The maximum absolute atomic E-state index is 12.9. The molecule has 1 atom stereocenters. The minimum atomic E-state index is 0.117. The quantitative estimate of drug-likeness (QED) is 0.876. The maximum Gasteiger partial charge on any atom is 0.257 e. The fourth-order valence-corrected chi connectivity index (χ4v) is 3.62. The third kappa shape index (κ3) is 3.92. The van der Waals surface area contributed by atoms with Gasteiger partial charge in [0.2, 0.25) is 0 Å². The standard InChI is InChI=1S/C21H30N4O/c1-5-16(3)25-17(4)20(14-22-25)21(26)24-11-9-18(10-12-24)23-19-8-6-7-15(2)13-19/h6-8,13-14,16,18,23H,5,9-12H2,1-4H3. The molecule has 5 heteroatoms. The molecule has 1 saturated heterocycles. The van der Waals surface area contributed by atoms with Crippen LogP contribution >= 0.6 is 0 Å². The molecule has 1 aliphatic heterocycles. The fraction of sp³-hybridized carbons (Fsp3) is 0.524. The number of amides is 1. The molecular weight excluding hydrogens is 324 g/mol. The Bertz CT molecular complexity index is 759. The molecule has 3 rings (SSSR count). The van der Waals surface area contributed by atoms with Crippen LogP contribution in [0.2, 0.25) is 0 Å². The zero-order valence-electron chi connectivity index (χ0n) is 16.3. The van der Waals surface area contributed by atoms with E-state index in [2.05, 4.69) is 55.5 Å². The van der Waals surface area contributed by atoms with Crippen LogP contribution in [0, 0.1) is 13.8 Å². The van der Waals surface area contributed by atoms with Crippen molar-refractivity contribution in [3.63, 3.8) is 0 Å². The van der Waals surface area contributed by atoms with Crippen LogP contribution in [0.4, 0.5) is 5.69 Å². The highest BCUT2D eigenvalue weighted by atomic mass is 16.2. The van der Waals surface area contributed by atoms with Crippen molar-refractivity contribution in [3.05, 3.63) is 47.3 Å². The number of aromatic nitrogens is 2. The van der Waals surface area contributed by atoms with Crippen molar-refractivity contribution in [1.29, 1.82) is 0 Å². The number of nitrogens with zero attached hydrogens (tertiary/aromatic N) is 3. The van der Waals surface area contributed by atoms with Crippen molar-refractivity contribution in [1.82, 2.24) is 14.7 Å². The van der Waals surface area contributed by atoms with Gasteiger partial charge in [0.25, 0.3) is 5.91 Å². The molecule has 140 valence electrons. The van der Waals surface area contributed by atoms with Gasteiger partial charge in [0.15, 0.2) is 0 Å². The molecule has 1 amide bonds. The Morgan fingerprint density at radius 1 is 1.31 bits per heavy atom. The second kappa shape index (κ2) is 7.94. The first kappa shape index (κ1) is 18.5. The van der Waals surface area contributed by atoms with Gasteiger partial charge in [0.1, 0.15) is 0 Å². The molecule has 1 unspecified atom stereocenters. The molecule has 0 radical (unpaired) electrons. The highest BCUT2D eigenvalue weighted by molar-refractivity contribution is 5.95. The van der Waals surface area contributed by atoms with E-state index in [1.807, 2.05) is 16.5 Å². The number of nitrogens with one attached hydrogen (secondary N) is 1. The summed E-state index contributed by atoms with van der Waals surface area (Å²) in [6, 6.07) is 9.20. The van der Waals surface area contributed by atoms with Gasteiger partial charge in [-0.05, 0) is 57.7 Å². The van der Waals surface area contributed by atoms with E-state index in [1.165, 1.54) is 11.3 Å². The first-order valence-electron chi connectivity index (χ1n) is 9.66. The summed E-state index contributed by atoms with van der Waals surface area (Å²) in [6.07, 6.45) is 4.68. The van der Waals surface area contributed by atoms with Gasteiger partial charge < -0.3 is 10.2 Å². The van der Waals surface area contributed by atoms with Crippen molar-refractivity contribution in [3.8, 4) is 0 Å². The lowest BCUT2D eigenvalue weighted by atomic mass is 10.0. The van der Waals surface area contributed by atoms with Crippen molar-refractivity contribution in [2.24, 2.45) is 0 Å². The van der Waals surface area contributed by atoms with Gasteiger partial charge in [-0.25, -0.2) is 0 Å². The molecular formula is C21H30N4O. The van der Waals surface area contributed by atoms with E-state index < -0.39 is 0 Å². The van der Waals surface area contributed by atoms with Crippen LogP contribution in [-0.4, -0.2) is 39.7 Å². The minimum absolute atomic E-state index is 0.117. The summed E-state index contributed by atoms with van der Waals surface area (Å²) in [5.74, 6) is 0.117. The van der Waals surface area contributed by atoms with Gasteiger partial charge in [0, 0.05) is 36.6 Å². The van der Waals surface area contributed by atoms with Crippen LogP contribution in [0.25, 0.3) is 0 Å². The Morgan fingerprint density at radius 2 is 2.04 bits per heavy atom. The van der Waals surface area contributed by atoms with Crippen LogP contribution in [0.1, 0.15) is 60.8 Å². The molecule has 1 fully saturated rings. The molecule has 1 aromatic heterocycles. The third-order valence-corrected chi connectivity index (χ3v) is 5.45. The average Bonchev–Trinajstić information content (AvgIpc) is 3.02. The predicted molar refractivity (Wildman–Crippen MR) is 106 cm³/mol. The number of benzene rings is 1. The average molecular weight is 354 g/mol. The van der Waals surface area contributed by atoms with Crippen LogP contribution in [0.3, 0.4) is 0 Å². The van der Waals surface area contributed by atoms with Gasteiger partial charge in [-0.3, -0.25) is 9.48 Å². The second-order valence-corrected chi connectivity index (χ2v) is 7.43. The molecule has 0 saturated carbocycles. The zero-order valence-corrected chi connectivity index (χ0v) is 16.3. The van der Waals surface area contributed by atoms with Crippen LogP contribution in [-0.2, 0) is 0 Å². The highest BCUT2D eigenvalue weighted by Crippen LogP contribution is 2.21. The van der Waals surface area contributed by atoms with Crippen LogP contribution in [0.15, 0.2) is 30.5 Å². The SMILES string of the molecule is CCC(C)n1ncc(C(=O)N2CCC(Nc3cccc(C)c3)CC2)c1C. The molecule has 0 bridgehead atoms. The summed E-state index contributed by atoms with van der Waals surface area (Å²) in [4.78, 5) is 14.9. The van der Waals surface area contributed by atoms with Crippen molar-refractivity contribution in [2.45, 2.75) is 59.0 Å². The topological polar surface area (TPSA) is 50.2 Å². The number of rotatable bonds is 5. The molecule has 1 N–H and O–H groups in total. The molecule has 2 aromatic rings. The molecule has 5 nitrogen and oxygen atoms in total. The summed E-state index contributed by atoms with van der Waals surface area (Å²) >= 11 is 0. The Hall–Kier alpha value is -2.30. The number of likely N-dealkylation sites (tertiary alicyclic amines) is 1. The highest BCUT2D eigenvalue weighted by Gasteiger charge is 2.26. The third-order valence-electron chi connectivity index (χ3n) is 5.45. The lowest BCUT2D eigenvalue weighted by molar-refractivity contribution is 0.0717. The van der Waals surface area contributed by atoms with Crippen molar-refractivity contribution < 1.29 is 4.79 Å². The lowest BCUT2D eigenvalue weighted by Crippen LogP contribution is -2.42. The largest absolute Gasteiger partial charge is 0.382 e. The van der Waals surface area contributed by atoms with Crippen LogP contribution < -0.4 is 5.32 Å². The number of anilines is 1. The number of aryl methyl sites for hydroxylation is 1. The lowest BCUT2D eigenvalue weighted by Gasteiger charge is -2.33. The molecule has 1 aliphatic rings. The number of carbonyl (C=O) groups excluding carboxylic acids is 1. The van der Waals surface area contributed by atoms with E-state index >= 15 is 0 Å². The van der Waals surface area contributed by atoms with Crippen molar-refractivity contribution >= 4 is 11.6 Å². The van der Waals surface area contributed by atoms with E-state index in [4.69, 9.17) is 0 Å². The second-order valence-electron chi connectivity index (χ2n) is 7.43. The van der Waals surface area contributed by atoms with Gasteiger partial charge in [-0.1, -0.05) is 19.1 Å². The first-order valence-corrected chi connectivity index (χ1v) is 9.66. The summed E-state index contributed by atoms with van der Waals surface area (Å²) < 4.78 is 1.97. The summed E-state index contributed by atoms with van der Waals surface area (Å²) in [7, 11) is 0. The number of hydrogen-bond acceptors (Lipinski definition) is 3. The van der Waals surface area contributed by atoms with Crippen LogP contribution in [0.5, 0.6) is 0 Å². The van der Waals surface area contributed by atoms with E-state index in [0.717, 1.165) is 43.6 Å². The fourth-order valence-electron chi connectivity index (χ4n) is 3.62. The van der Waals surface area contributed by atoms with E-state index in [-0.39, 0.29) is 5.91 Å². The maximum atomic E-state index is 12.9. The van der Waals surface area contributed by atoms with E-state index in [0.29, 0.717) is 12.1 Å². The first-order chi connectivity index (χ1) is 12.5.